The van der Waals surface area contributed by atoms with Crippen molar-refractivity contribution in [2.45, 2.75) is 83.2 Å². The first-order valence-electron chi connectivity index (χ1n) is 11.4. The summed E-state index contributed by atoms with van der Waals surface area (Å²) < 4.78 is 1.94. The van der Waals surface area contributed by atoms with Crippen LogP contribution in [0.1, 0.15) is 76.4 Å². The summed E-state index contributed by atoms with van der Waals surface area (Å²) in [6.45, 7) is 3.63. The molecule has 0 bridgehead atoms. The maximum atomic E-state index is 13.2. The summed E-state index contributed by atoms with van der Waals surface area (Å²) in [5.74, 6) is -0.0180. The molecular weight excluding hydrogens is 362 g/mol. The Morgan fingerprint density at radius 1 is 0.966 bits per heavy atom. The van der Waals surface area contributed by atoms with Crippen molar-refractivity contribution in [3.05, 3.63) is 40.3 Å². The molecule has 1 aromatic carbocycles. The minimum absolute atomic E-state index is 0.0180. The molecule has 5 nitrogen and oxygen atoms in total. The predicted octanol–water partition coefficient (Wildman–Crippen LogP) is 4.28. The Bertz CT molecular complexity index is 904. The van der Waals surface area contributed by atoms with Crippen molar-refractivity contribution < 1.29 is 4.79 Å². The van der Waals surface area contributed by atoms with Gasteiger partial charge in [-0.3, -0.25) is 9.59 Å². The van der Waals surface area contributed by atoms with Gasteiger partial charge < -0.3 is 9.47 Å². The van der Waals surface area contributed by atoms with Gasteiger partial charge in [-0.2, -0.15) is 0 Å². The average Bonchev–Trinajstić information content (AvgIpc) is 2.69. The molecule has 1 saturated heterocycles. The second-order valence-electron chi connectivity index (χ2n) is 8.87. The number of para-hydroxylation sites is 2. The number of fused-ring (bicyclic) bond motifs is 1. The Balaban J connectivity index is 1.56. The maximum Gasteiger partial charge on any atom is 0.273 e. The largest absolute Gasteiger partial charge is 0.302 e. The molecule has 0 spiro atoms. The molecule has 156 valence electrons. The van der Waals surface area contributed by atoms with E-state index in [2.05, 4.69) is 9.88 Å². The number of rotatable bonds is 4. The highest BCUT2D eigenvalue weighted by Crippen LogP contribution is 2.29. The van der Waals surface area contributed by atoms with E-state index in [0.29, 0.717) is 5.69 Å². The number of hydrogen-bond donors (Lipinski definition) is 0. The zero-order valence-corrected chi connectivity index (χ0v) is 17.6. The maximum absolute atomic E-state index is 13.2. The second-order valence-corrected chi connectivity index (χ2v) is 8.87. The first-order valence-corrected chi connectivity index (χ1v) is 11.4. The highest BCUT2D eigenvalue weighted by atomic mass is 16.1. The van der Waals surface area contributed by atoms with E-state index in [1.165, 1.54) is 51.9 Å². The van der Waals surface area contributed by atoms with Gasteiger partial charge in [0.05, 0.1) is 17.5 Å². The van der Waals surface area contributed by atoms with Crippen molar-refractivity contribution in [2.24, 2.45) is 0 Å². The van der Waals surface area contributed by atoms with Crippen LogP contribution in [0.4, 0.5) is 0 Å². The quantitative estimate of drug-likeness (QED) is 0.775. The van der Waals surface area contributed by atoms with E-state index < -0.39 is 0 Å². The van der Waals surface area contributed by atoms with Crippen molar-refractivity contribution in [2.75, 3.05) is 13.1 Å². The summed E-state index contributed by atoms with van der Waals surface area (Å²) in [4.78, 5) is 32.1. The molecule has 4 rings (SSSR count). The molecule has 29 heavy (non-hydrogen) atoms. The molecule has 1 saturated carbocycles. The van der Waals surface area contributed by atoms with E-state index in [1.807, 2.05) is 28.8 Å². The van der Waals surface area contributed by atoms with E-state index in [1.54, 1.807) is 0 Å². The standard InChI is InChI=1S/C24H33N3O2/c1-18(28)17-22-24(29)27(23-12-8-7-11-21(23)25-22)20-13-15-26(16-14-20)19-9-5-3-2-4-6-10-19/h7-8,11-12,19-20H,2-6,9-10,13-17H2,1H3. The number of ketones is 1. The number of likely N-dealkylation sites (tertiary alicyclic amines) is 1. The molecule has 0 unspecified atom stereocenters. The van der Waals surface area contributed by atoms with E-state index in [-0.39, 0.29) is 23.8 Å². The van der Waals surface area contributed by atoms with Crippen LogP contribution in [0.25, 0.3) is 11.0 Å². The van der Waals surface area contributed by atoms with E-state index in [4.69, 9.17) is 0 Å². The third-order valence-electron chi connectivity index (χ3n) is 6.73. The van der Waals surface area contributed by atoms with Crippen molar-refractivity contribution >= 4 is 16.8 Å². The van der Waals surface area contributed by atoms with Crippen LogP contribution >= 0.6 is 0 Å². The van der Waals surface area contributed by atoms with Crippen LogP contribution in [0, 0.1) is 0 Å². The predicted molar refractivity (Wildman–Crippen MR) is 116 cm³/mol. The lowest BCUT2D eigenvalue weighted by molar-refractivity contribution is -0.116. The molecule has 1 aliphatic carbocycles. The van der Waals surface area contributed by atoms with Gasteiger partial charge in [-0.05, 0) is 44.7 Å². The number of piperidine rings is 1. The van der Waals surface area contributed by atoms with Gasteiger partial charge in [0.1, 0.15) is 11.5 Å². The summed E-state index contributed by atoms with van der Waals surface area (Å²) in [5, 5.41) is 0. The minimum atomic E-state index is -0.0803. The Morgan fingerprint density at radius 2 is 1.62 bits per heavy atom. The number of hydrogen-bond acceptors (Lipinski definition) is 4. The first kappa shape index (κ1) is 20.3. The summed E-state index contributed by atoms with van der Waals surface area (Å²) in [6, 6.07) is 8.75. The van der Waals surface area contributed by atoms with Gasteiger partial charge in [-0.1, -0.05) is 44.2 Å². The smallest absolute Gasteiger partial charge is 0.273 e. The zero-order chi connectivity index (χ0) is 20.2. The Kier molecular flexibility index (Phi) is 6.43. The van der Waals surface area contributed by atoms with Crippen LogP contribution in [0.15, 0.2) is 29.1 Å². The average molecular weight is 396 g/mol. The van der Waals surface area contributed by atoms with Crippen molar-refractivity contribution in [1.29, 1.82) is 0 Å². The molecule has 1 aromatic heterocycles. The van der Waals surface area contributed by atoms with Gasteiger partial charge in [0.15, 0.2) is 0 Å². The molecule has 2 fully saturated rings. The van der Waals surface area contributed by atoms with Crippen molar-refractivity contribution in [3.8, 4) is 0 Å². The summed E-state index contributed by atoms with van der Waals surface area (Å²) >= 11 is 0. The molecule has 0 radical (unpaired) electrons. The first-order chi connectivity index (χ1) is 14.1. The molecule has 0 N–H and O–H groups in total. The van der Waals surface area contributed by atoms with E-state index >= 15 is 0 Å². The fraction of sp³-hybridized carbons (Fsp3) is 0.625. The van der Waals surface area contributed by atoms with Crippen LogP contribution in [-0.2, 0) is 11.2 Å². The molecule has 0 amide bonds. The lowest BCUT2D eigenvalue weighted by Gasteiger charge is -2.39. The number of carbonyl (C=O) groups is 1. The summed E-state index contributed by atoms with van der Waals surface area (Å²) in [6.07, 6.45) is 11.6. The highest BCUT2D eigenvalue weighted by Gasteiger charge is 2.28. The Hall–Kier alpha value is -2.01. The Morgan fingerprint density at radius 3 is 2.31 bits per heavy atom. The zero-order valence-electron chi connectivity index (χ0n) is 17.6. The van der Waals surface area contributed by atoms with Gasteiger partial charge in [-0.15, -0.1) is 0 Å². The monoisotopic (exact) mass is 395 g/mol. The van der Waals surface area contributed by atoms with Crippen molar-refractivity contribution in [3.63, 3.8) is 0 Å². The third kappa shape index (κ3) is 4.61. The lowest BCUT2D eigenvalue weighted by Crippen LogP contribution is -2.43. The minimum Gasteiger partial charge on any atom is -0.302 e. The molecule has 2 aromatic rings. The van der Waals surface area contributed by atoms with Gasteiger partial charge in [-0.25, -0.2) is 4.98 Å². The second kappa shape index (κ2) is 9.21. The topological polar surface area (TPSA) is 55.2 Å². The van der Waals surface area contributed by atoms with E-state index in [9.17, 15) is 9.59 Å². The SMILES string of the molecule is CC(=O)Cc1nc2ccccc2n(C2CCN(C3CCCCCCC3)CC2)c1=O. The van der Waals surface area contributed by atoms with Gasteiger partial charge >= 0.3 is 0 Å². The van der Waals surface area contributed by atoms with Crippen molar-refractivity contribution in [1.82, 2.24) is 14.5 Å². The molecule has 2 heterocycles. The molecule has 0 atom stereocenters. The number of nitrogens with zero attached hydrogens (tertiary/aromatic N) is 3. The van der Waals surface area contributed by atoms with Crippen LogP contribution in [0.3, 0.4) is 0 Å². The van der Waals surface area contributed by atoms with Gasteiger partial charge in [0.25, 0.3) is 5.56 Å². The van der Waals surface area contributed by atoms with Gasteiger partial charge in [0, 0.05) is 25.2 Å². The third-order valence-corrected chi connectivity index (χ3v) is 6.73. The summed E-state index contributed by atoms with van der Waals surface area (Å²) in [5.41, 5.74) is 2.02. The van der Waals surface area contributed by atoms with Crippen LogP contribution in [0.5, 0.6) is 0 Å². The highest BCUT2D eigenvalue weighted by molar-refractivity contribution is 5.79. The normalized spacial score (nSPS) is 20.4. The number of aromatic nitrogens is 2. The fourth-order valence-corrected chi connectivity index (χ4v) is 5.23. The Labute approximate surface area is 173 Å². The molecule has 2 aliphatic rings. The van der Waals surface area contributed by atoms with Crippen LogP contribution in [0.2, 0.25) is 0 Å². The van der Waals surface area contributed by atoms with Crippen LogP contribution in [-0.4, -0.2) is 39.4 Å². The number of Topliss-reactive ketones (excluding diaryl/α,β-unsaturated/α-hetero) is 1. The molecular formula is C24H33N3O2. The number of benzene rings is 1. The molecule has 1 aliphatic heterocycles. The molecule has 5 heteroatoms. The summed E-state index contributed by atoms with van der Waals surface area (Å²) in [7, 11) is 0. The van der Waals surface area contributed by atoms with Gasteiger partial charge in [0.2, 0.25) is 0 Å². The van der Waals surface area contributed by atoms with E-state index in [0.717, 1.165) is 43.0 Å². The lowest BCUT2D eigenvalue weighted by atomic mass is 9.93. The number of carbonyl (C=O) groups excluding carboxylic acids is 1. The fourth-order valence-electron chi connectivity index (χ4n) is 5.23. The van der Waals surface area contributed by atoms with Crippen LogP contribution < -0.4 is 5.56 Å².